The Bertz CT molecular complexity index is 341. The highest BCUT2D eigenvalue weighted by Gasteiger charge is 2.18. The van der Waals surface area contributed by atoms with E-state index in [0.717, 1.165) is 0 Å². The molecule has 1 atom stereocenters. The molecule has 0 aromatic rings. The number of hydrogen-bond acceptors (Lipinski definition) is 4. The number of phosphoric acid groups is 1. The number of carbonyl (C=O) groups is 3. The van der Waals surface area contributed by atoms with E-state index in [0.29, 0.717) is 0 Å². The van der Waals surface area contributed by atoms with Crippen LogP contribution in [0, 0.1) is 0 Å². The van der Waals surface area contributed by atoms with Crippen molar-refractivity contribution in [3.8, 4) is 0 Å². The van der Waals surface area contributed by atoms with Crippen molar-refractivity contribution in [2.24, 2.45) is 0 Å². The lowest BCUT2D eigenvalue weighted by molar-refractivity contribution is -0.142. The Hall–Kier alpha value is -1.48. The minimum atomic E-state index is -4.64. The monoisotopic (exact) mass is 287 g/mol. The molecule has 0 aliphatic rings. The van der Waals surface area contributed by atoms with Gasteiger partial charge in [0.15, 0.2) is 0 Å². The summed E-state index contributed by atoms with van der Waals surface area (Å²) in [5, 5.41) is 18.9. The lowest BCUT2D eigenvalue weighted by Gasteiger charge is -2.10. The molecule has 10 nitrogen and oxygen atoms in total. The van der Waals surface area contributed by atoms with Crippen LogP contribution in [0.4, 0.5) is 0 Å². The van der Waals surface area contributed by atoms with Gasteiger partial charge in [-0.25, -0.2) is 9.36 Å². The van der Waals surface area contributed by atoms with Crippen LogP contribution in [0.15, 0.2) is 0 Å². The summed E-state index contributed by atoms with van der Waals surface area (Å²) in [4.78, 5) is 52.6. The van der Waals surface area contributed by atoms with E-state index in [1.165, 1.54) is 6.92 Å². The van der Waals surface area contributed by atoms with E-state index >= 15 is 0 Å². The van der Waals surface area contributed by atoms with Gasteiger partial charge in [-0.05, 0) is 6.42 Å². The molecule has 0 heterocycles. The molecule has 0 saturated carbocycles. The number of carbonyl (C=O) groups excluding carboxylic acids is 1. The van der Waals surface area contributed by atoms with Gasteiger partial charge in [0.25, 0.3) is 0 Å². The fraction of sp³-hybridized carbons (Fsp3) is 0.571. The Morgan fingerprint density at radius 3 is 1.78 bits per heavy atom. The zero-order chi connectivity index (χ0) is 14.9. The van der Waals surface area contributed by atoms with Crippen LogP contribution in [0.1, 0.15) is 19.8 Å². The van der Waals surface area contributed by atoms with Crippen molar-refractivity contribution in [1.29, 1.82) is 0 Å². The van der Waals surface area contributed by atoms with Gasteiger partial charge in [-0.15, -0.1) is 0 Å². The summed E-state index contributed by atoms with van der Waals surface area (Å²) in [5.74, 6) is -2.80. The first-order valence-corrected chi connectivity index (χ1v) is 6.00. The van der Waals surface area contributed by atoms with E-state index in [-0.39, 0.29) is 12.8 Å². The first-order chi connectivity index (χ1) is 7.93. The second-order valence-electron chi connectivity index (χ2n) is 3.04. The summed E-state index contributed by atoms with van der Waals surface area (Å²) in [6, 6.07) is -1.12. The van der Waals surface area contributed by atoms with E-state index < -0.39 is 31.7 Å². The smallest absolute Gasteiger partial charge is 0.466 e. The van der Waals surface area contributed by atoms with E-state index in [1.807, 2.05) is 0 Å². The molecule has 1 amide bonds. The molecule has 1 unspecified atom stereocenters. The van der Waals surface area contributed by atoms with Crippen molar-refractivity contribution in [3.05, 3.63) is 0 Å². The van der Waals surface area contributed by atoms with Crippen LogP contribution >= 0.6 is 7.82 Å². The van der Waals surface area contributed by atoms with Crippen LogP contribution in [0.2, 0.25) is 0 Å². The maximum atomic E-state index is 10.5. The maximum Gasteiger partial charge on any atom is 0.466 e. The molecule has 0 aliphatic heterocycles. The standard InChI is InChI=1S/C7H11NO5.H3O4P/c1-4(9)8-5(7(12)13)2-3-6(10)11;1-5(2,3)4/h5H,2-3H2,1H3,(H,8,9)(H,10,11)(H,12,13);(H3,1,2,3,4). The number of nitrogens with one attached hydrogen (secondary N) is 1. The quantitative estimate of drug-likeness (QED) is 0.328. The third-order valence-corrected chi connectivity index (χ3v) is 1.32. The summed E-state index contributed by atoms with van der Waals surface area (Å²) < 4.78 is 8.88. The molecule has 6 N–H and O–H groups in total. The van der Waals surface area contributed by atoms with Gasteiger partial charge in [0.1, 0.15) is 6.04 Å². The van der Waals surface area contributed by atoms with Crippen molar-refractivity contribution in [1.82, 2.24) is 5.32 Å². The highest BCUT2D eigenvalue weighted by Crippen LogP contribution is 2.25. The third-order valence-electron chi connectivity index (χ3n) is 1.32. The molecule has 106 valence electrons. The highest BCUT2D eigenvalue weighted by atomic mass is 31.2. The van der Waals surface area contributed by atoms with Crippen LogP contribution in [-0.4, -0.2) is 48.8 Å². The Balaban J connectivity index is 0. The van der Waals surface area contributed by atoms with E-state index in [4.69, 9.17) is 29.5 Å². The zero-order valence-electron chi connectivity index (χ0n) is 9.31. The van der Waals surface area contributed by atoms with Gasteiger partial charge in [0.05, 0.1) is 0 Å². The highest BCUT2D eigenvalue weighted by molar-refractivity contribution is 7.45. The Morgan fingerprint density at radius 1 is 1.17 bits per heavy atom. The van der Waals surface area contributed by atoms with Gasteiger partial charge < -0.3 is 30.2 Å². The Labute approximate surface area is 101 Å². The van der Waals surface area contributed by atoms with Crippen molar-refractivity contribution in [2.75, 3.05) is 0 Å². The normalized spacial score (nSPS) is 11.8. The second kappa shape index (κ2) is 8.59. The minimum Gasteiger partial charge on any atom is -0.481 e. The lowest BCUT2D eigenvalue weighted by Crippen LogP contribution is -2.39. The van der Waals surface area contributed by atoms with E-state index in [1.54, 1.807) is 0 Å². The number of aliphatic carboxylic acids is 2. The van der Waals surface area contributed by atoms with Gasteiger partial charge >= 0.3 is 19.8 Å². The average molecular weight is 287 g/mol. The van der Waals surface area contributed by atoms with Crippen LogP contribution in [0.25, 0.3) is 0 Å². The fourth-order valence-electron chi connectivity index (χ4n) is 0.771. The molecule has 0 rings (SSSR count). The molecule has 0 radical (unpaired) electrons. The molecular formula is C7H14NO9P. The number of carboxylic acid groups (broad SMARTS) is 2. The van der Waals surface area contributed by atoms with E-state index in [2.05, 4.69) is 5.32 Å². The van der Waals surface area contributed by atoms with Crippen LogP contribution in [-0.2, 0) is 18.9 Å². The molecular weight excluding hydrogens is 273 g/mol. The molecule has 18 heavy (non-hydrogen) atoms. The maximum absolute atomic E-state index is 10.5. The van der Waals surface area contributed by atoms with Gasteiger partial charge in [0, 0.05) is 13.3 Å². The molecule has 11 heteroatoms. The number of hydrogen-bond donors (Lipinski definition) is 6. The Morgan fingerprint density at radius 2 is 1.56 bits per heavy atom. The van der Waals surface area contributed by atoms with Crippen LogP contribution in [0.3, 0.4) is 0 Å². The predicted molar refractivity (Wildman–Crippen MR) is 56.4 cm³/mol. The predicted octanol–water partition coefficient (Wildman–Crippen LogP) is -1.49. The van der Waals surface area contributed by atoms with Gasteiger partial charge in [-0.3, -0.25) is 9.59 Å². The average Bonchev–Trinajstić information content (AvgIpc) is 2.07. The molecule has 0 aromatic heterocycles. The number of carboxylic acids is 2. The van der Waals surface area contributed by atoms with Crippen molar-refractivity contribution < 1.29 is 43.8 Å². The molecule has 0 spiro atoms. The summed E-state index contributed by atoms with van der Waals surface area (Å²) in [5.41, 5.74) is 0. The molecule has 0 bridgehead atoms. The second-order valence-corrected chi connectivity index (χ2v) is 4.06. The molecule has 0 fully saturated rings. The zero-order valence-corrected chi connectivity index (χ0v) is 10.2. The van der Waals surface area contributed by atoms with Crippen molar-refractivity contribution in [2.45, 2.75) is 25.8 Å². The van der Waals surface area contributed by atoms with Gasteiger partial charge in [-0.1, -0.05) is 0 Å². The first-order valence-electron chi connectivity index (χ1n) is 4.43. The van der Waals surface area contributed by atoms with Crippen molar-refractivity contribution >= 4 is 25.7 Å². The third kappa shape index (κ3) is 20.0. The van der Waals surface area contributed by atoms with Crippen molar-refractivity contribution in [3.63, 3.8) is 0 Å². The lowest BCUT2D eigenvalue weighted by atomic mass is 10.1. The SMILES string of the molecule is CC(=O)NC(CCC(=O)O)C(=O)O.O=P(O)(O)O. The molecule has 0 aliphatic carbocycles. The summed E-state index contributed by atoms with van der Waals surface area (Å²) in [7, 11) is -4.64. The molecule has 0 saturated heterocycles. The van der Waals surface area contributed by atoms with Gasteiger partial charge in [-0.2, -0.15) is 0 Å². The Kier molecular flexibility index (Phi) is 9.00. The van der Waals surface area contributed by atoms with Crippen LogP contribution < -0.4 is 5.32 Å². The van der Waals surface area contributed by atoms with Crippen LogP contribution in [0.5, 0.6) is 0 Å². The first kappa shape index (κ1) is 18.9. The largest absolute Gasteiger partial charge is 0.481 e. The molecule has 0 aromatic carbocycles. The summed E-state index contributed by atoms with van der Waals surface area (Å²) in [6.07, 6.45) is -0.387. The van der Waals surface area contributed by atoms with E-state index in [9.17, 15) is 14.4 Å². The van der Waals surface area contributed by atoms with Gasteiger partial charge in [0.2, 0.25) is 5.91 Å². The number of amides is 1. The fourth-order valence-corrected chi connectivity index (χ4v) is 0.771. The topological polar surface area (TPSA) is 181 Å². The summed E-state index contributed by atoms with van der Waals surface area (Å²) >= 11 is 0. The number of rotatable bonds is 5. The minimum absolute atomic E-state index is 0.107. The summed E-state index contributed by atoms with van der Waals surface area (Å²) in [6.45, 7) is 1.18.